The molecule has 0 saturated carbocycles. The smallest absolute Gasteiger partial charge is 0.341 e. The SMILES string of the molecule is O=c1oc2c(/C=N/N3CCCC3)c(O)ccc2c2c1CNCC2. The second-order valence-electron chi connectivity index (χ2n) is 6.05. The number of hydrogen-bond acceptors (Lipinski definition) is 6. The Morgan fingerprint density at radius 2 is 2.09 bits per heavy atom. The summed E-state index contributed by atoms with van der Waals surface area (Å²) in [5, 5.41) is 20.7. The number of aromatic hydroxyl groups is 1. The van der Waals surface area contributed by atoms with Gasteiger partial charge in [-0.25, -0.2) is 4.79 Å². The largest absolute Gasteiger partial charge is 0.507 e. The van der Waals surface area contributed by atoms with E-state index in [0.29, 0.717) is 23.3 Å². The van der Waals surface area contributed by atoms with Gasteiger partial charge in [0, 0.05) is 25.0 Å². The molecule has 4 rings (SSSR count). The van der Waals surface area contributed by atoms with Crippen molar-refractivity contribution in [2.24, 2.45) is 5.10 Å². The first-order valence-corrected chi connectivity index (χ1v) is 8.04. The van der Waals surface area contributed by atoms with Gasteiger partial charge in [0.15, 0.2) is 5.58 Å². The van der Waals surface area contributed by atoms with Gasteiger partial charge < -0.3 is 14.8 Å². The summed E-state index contributed by atoms with van der Waals surface area (Å²) in [4.78, 5) is 12.3. The standard InChI is InChI=1S/C17H19N3O3/c21-15-4-3-12-11-5-6-18-9-13(11)17(22)23-16(12)14(15)10-19-20-7-1-2-8-20/h3-4,10,18,21H,1-2,5-9H2/b19-10+. The lowest BCUT2D eigenvalue weighted by Crippen LogP contribution is -2.29. The quantitative estimate of drug-likeness (QED) is 0.650. The molecule has 1 aromatic carbocycles. The van der Waals surface area contributed by atoms with Crippen molar-refractivity contribution in [1.82, 2.24) is 10.3 Å². The van der Waals surface area contributed by atoms with Crippen LogP contribution in [0.5, 0.6) is 5.75 Å². The molecule has 2 aliphatic heterocycles. The molecule has 120 valence electrons. The summed E-state index contributed by atoms with van der Waals surface area (Å²) in [6, 6.07) is 3.47. The molecule has 0 unspecified atom stereocenters. The number of nitrogens with zero attached hydrogens (tertiary/aromatic N) is 2. The first-order chi connectivity index (χ1) is 11.2. The van der Waals surface area contributed by atoms with E-state index in [9.17, 15) is 9.90 Å². The number of phenolic OH excluding ortho intramolecular Hbond substituents is 1. The normalized spacial score (nSPS) is 18.0. The molecular formula is C17H19N3O3. The zero-order chi connectivity index (χ0) is 15.8. The van der Waals surface area contributed by atoms with E-state index >= 15 is 0 Å². The van der Waals surface area contributed by atoms with Crippen LogP contribution in [-0.2, 0) is 13.0 Å². The van der Waals surface area contributed by atoms with Crippen LogP contribution in [0.4, 0.5) is 0 Å². The third-order valence-corrected chi connectivity index (χ3v) is 4.59. The summed E-state index contributed by atoms with van der Waals surface area (Å²) in [6.07, 6.45) is 4.66. The van der Waals surface area contributed by atoms with Gasteiger partial charge in [0.2, 0.25) is 0 Å². The highest BCUT2D eigenvalue weighted by atomic mass is 16.4. The van der Waals surface area contributed by atoms with E-state index in [2.05, 4.69) is 10.4 Å². The lowest BCUT2D eigenvalue weighted by molar-refractivity contribution is 0.362. The molecule has 0 aliphatic carbocycles. The van der Waals surface area contributed by atoms with Crippen LogP contribution in [0.1, 0.15) is 29.5 Å². The second kappa shape index (κ2) is 5.70. The number of nitrogens with one attached hydrogen (secondary N) is 1. The second-order valence-corrected chi connectivity index (χ2v) is 6.05. The zero-order valence-electron chi connectivity index (χ0n) is 12.8. The third-order valence-electron chi connectivity index (χ3n) is 4.59. The Morgan fingerprint density at radius 3 is 2.91 bits per heavy atom. The number of hydrogen-bond donors (Lipinski definition) is 2. The summed E-state index contributed by atoms with van der Waals surface area (Å²) < 4.78 is 5.52. The maximum Gasteiger partial charge on any atom is 0.341 e. The Labute approximate surface area is 133 Å². The van der Waals surface area contributed by atoms with Gasteiger partial charge in [-0.05, 0) is 43.5 Å². The zero-order valence-corrected chi connectivity index (χ0v) is 12.8. The van der Waals surface area contributed by atoms with E-state index in [1.807, 2.05) is 11.1 Å². The average Bonchev–Trinajstić information content (AvgIpc) is 3.08. The third kappa shape index (κ3) is 2.49. The molecule has 6 heteroatoms. The Morgan fingerprint density at radius 1 is 1.26 bits per heavy atom. The average molecular weight is 313 g/mol. The number of hydrazone groups is 1. The van der Waals surface area contributed by atoms with Crippen molar-refractivity contribution in [3.05, 3.63) is 39.2 Å². The molecule has 1 saturated heterocycles. The first kappa shape index (κ1) is 14.3. The molecule has 0 spiro atoms. The van der Waals surface area contributed by atoms with Gasteiger partial charge in [-0.2, -0.15) is 5.10 Å². The van der Waals surface area contributed by atoms with Crippen LogP contribution < -0.4 is 10.9 Å². The molecule has 3 heterocycles. The molecule has 2 aliphatic rings. The van der Waals surface area contributed by atoms with Gasteiger partial charge >= 0.3 is 5.63 Å². The van der Waals surface area contributed by atoms with Crippen molar-refractivity contribution < 1.29 is 9.52 Å². The van der Waals surface area contributed by atoms with Crippen molar-refractivity contribution in [3.8, 4) is 5.75 Å². The van der Waals surface area contributed by atoms with Crippen LogP contribution in [0.15, 0.2) is 26.4 Å². The minimum Gasteiger partial charge on any atom is -0.507 e. The molecule has 2 aromatic rings. The molecule has 23 heavy (non-hydrogen) atoms. The number of benzene rings is 1. The van der Waals surface area contributed by atoms with Gasteiger partial charge in [-0.3, -0.25) is 5.01 Å². The van der Waals surface area contributed by atoms with Gasteiger partial charge in [-0.1, -0.05) is 0 Å². The van der Waals surface area contributed by atoms with Crippen LogP contribution in [0, 0.1) is 0 Å². The number of rotatable bonds is 2. The maximum atomic E-state index is 12.3. The Hall–Kier alpha value is -2.34. The minimum atomic E-state index is -0.332. The van der Waals surface area contributed by atoms with Crippen molar-refractivity contribution in [2.75, 3.05) is 19.6 Å². The Balaban J connectivity index is 1.88. The predicted molar refractivity (Wildman–Crippen MR) is 88.0 cm³/mol. The van der Waals surface area contributed by atoms with Crippen molar-refractivity contribution in [1.29, 1.82) is 0 Å². The molecule has 1 aromatic heterocycles. The minimum absolute atomic E-state index is 0.0810. The molecule has 2 N–H and O–H groups in total. The van der Waals surface area contributed by atoms with Gasteiger partial charge in [0.25, 0.3) is 0 Å². The van der Waals surface area contributed by atoms with Crippen molar-refractivity contribution >= 4 is 17.2 Å². The summed E-state index contributed by atoms with van der Waals surface area (Å²) in [5.41, 5.74) is 2.29. The maximum absolute atomic E-state index is 12.3. The molecule has 6 nitrogen and oxygen atoms in total. The fourth-order valence-electron chi connectivity index (χ4n) is 3.35. The highest BCUT2D eigenvalue weighted by Gasteiger charge is 2.20. The summed E-state index contributed by atoms with van der Waals surface area (Å²) >= 11 is 0. The van der Waals surface area contributed by atoms with Crippen LogP contribution in [0.2, 0.25) is 0 Å². The fraction of sp³-hybridized carbons (Fsp3) is 0.412. The van der Waals surface area contributed by atoms with Crippen LogP contribution in [0.3, 0.4) is 0 Å². The molecule has 1 fully saturated rings. The predicted octanol–water partition coefficient (Wildman–Crippen LogP) is 1.57. The van der Waals surface area contributed by atoms with Crippen LogP contribution in [-0.4, -0.2) is 36.0 Å². The Bertz CT molecular complexity index is 835. The lowest BCUT2D eigenvalue weighted by Gasteiger charge is -2.18. The van der Waals surface area contributed by atoms with Crippen molar-refractivity contribution in [3.63, 3.8) is 0 Å². The molecule has 0 amide bonds. The van der Waals surface area contributed by atoms with Crippen molar-refractivity contribution in [2.45, 2.75) is 25.8 Å². The molecule has 0 atom stereocenters. The highest BCUT2D eigenvalue weighted by molar-refractivity contribution is 6.00. The first-order valence-electron chi connectivity index (χ1n) is 8.04. The van der Waals surface area contributed by atoms with Crippen LogP contribution >= 0.6 is 0 Å². The Kier molecular flexibility index (Phi) is 3.53. The van der Waals surface area contributed by atoms with E-state index in [0.717, 1.165) is 49.8 Å². The van der Waals surface area contributed by atoms with E-state index < -0.39 is 0 Å². The number of phenols is 1. The van der Waals surface area contributed by atoms with Gasteiger partial charge in [0.05, 0.1) is 17.3 Å². The van der Waals surface area contributed by atoms with Gasteiger partial charge in [-0.15, -0.1) is 0 Å². The summed E-state index contributed by atoms with van der Waals surface area (Å²) in [7, 11) is 0. The molecule has 0 radical (unpaired) electrons. The fourth-order valence-corrected chi connectivity index (χ4v) is 3.35. The summed E-state index contributed by atoms with van der Waals surface area (Å²) in [5.74, 6) is 0.0810. The van der Waals surface area contributed by atoms with E-state index in [-0.39, 0.29) is 11.4 Å². The van der Waals surface area contributed by atoms with Gasteiger partial charge in [0.1, 0.15) is 5.75 Å². The monoisotopic (exact) mass is 313 g/mol. The van der Waals surface area contributed by atoms with E-state index in [1.54, 1.807) is 12.3 Å². The lowest BCUT2D eigenvalue weighted by atomic mass is 9.97. The number of fused-ring (bicyclic) bond motifs is 3. The molecule has 0 bridgehead atoms. The van der Waals surface area contributed by atoms with Crippen LogP contribution in [0.25, 0.3) is 11.0 Å². The van der Waals surface area contributed by atoms with E-state index in [4.69, 9.17) is 4.42 Å². The summed E-state index contributed by atoms with van der Waals surface area (Å²) in [6.45, 7) is 3.22. The van der Waals surface area contributed by atoms with E-state index in [1.165, 1.54) is 0 Å². The topological polar surface area (TPSA) is 78.1 Å². The highest BCUT2D eigenvalue weighted by Crippen LogP contribution is 2.29. The molecular weight excluding hydrogens is 294 g/mol.